The standard InChI is InChI=1S/C23H26N2O7/c1-2-30-15(11-21(26)25-32-14-22(27)28)12-24-23(29)31-13-20-18-9-5-3-7-16(18)17-8-4-6-10-19(17)20/h3-10,15,20H,2,11-14H2,1H3,(H,24,29)(H,25,26)(H,27,28). The molecule has 1 atom stereocenters. The first kappa shape index (κ1) is 23.2. The Balaban J connectivity index is 1.50. The minimum absolute atomic E-state index is 0.0481. The van der Waals surface area contributed by atoms with E-state index in [2.05, 4.69) is 22.3 Å². The van der Waals surface area contributed by atoms with Crippen molar-refractivity contribution in [1.82, 2.24) is 10.8 Å². The van der Waals surface area contributed by atoms with Crippen molar-refractivity contribution in [1.29, 1.82) is 0 Å². The fraction of sp³-hybridized carbons (Fsp3) is 0.348. The van der Waals surface area contributed by atoms with Gasteiger partial charge in [-0.1, -0.05) is 48.5 Å². The summed E-state index contributed by atoms with van der Waals surface area (Å²) >= 11 is 0. The Morgan fingerprint density at radius 1 is 1.03 bits per heavy atom. The van der Waals surface area contributed by atoms with Crippen LogP contribution in [0.3, 0.4) is 0 Å². The van der Waals surface area contributed by atoms with Crippen LogP contribution in [-0.4, -0.2) is 55.5 Å². The summed E-state index contributed by atoms with van der Waals surface area (Å²) in [6.45, 7) is 1.68. The van der Waals surface area contributed by atoms with E-state index in [1.54, 1.807) is 6.92 Å². The van der Waals surface area contributed by atoms with Crippen LogP contribution >= 0.6 is 0 Å². The molecule has 3 N–H and O–H groups in total. The third kappa shape index (κ3) is 6.05. The molecule has 170 valence electrons. The maximum Gasteiger partial charge on any atom is 0.407 e. The fourth-order valence-corrected chi connectivity index (χ4v) is 3.70. The van der Waals surface area contributed by atoms with Crippen LogP contribution < -0.4 is 10.8 Å². The van der Waals surface area contributed by atoms with Crippen molar-refractivity contribution in [3.63, 3.8) is 0 Å². The highest BCUT2D eigenvalue weighted by molar-refractivity contribution is 5.79. The van der Waals surface area contributed by atoms with Gasteiger partial charge in [-0.05, 0) is 29.2 Å². The predicted octanol–water partition coefficient (Wildman–Crippen LogP) is 2.45. The third-order valence-electron chi connectivity index (χ3n) is 5.01. The monoisotopic (exact) mass is 442 g/mol. The Morgan fingerprint density at radius 3 is 2.25 bits per heavy atom. The van der Waals surface area contributed by atoms with Crippen molar-refractivity contribution in [2.45, 2.75) is 25.4 Å². The summed E-state index contributed by atoms with van der Waals surface area (Å²) in [6.07, 6.45) is -1.34. The number of carbonyl (C=O) groups is 3. The lowest BCUT2D eigenvalue weighted by molar-refractivity contribution is -0.150. The first-order valence-electron chi connectivity index (χ1n) is 10.3. The van der Waals surface area contributed by atoms with Crippen molar-refractivity contribution in [2.75, 3.05) is 26.4 Å². The van der Waals surface area contributed by atoms with Gasteiger partial charge in [0, 0.05) is 19.1 Å². The number of carboxylic acids is 1. The Kier molecular flexibility index (Phi) is 8.18. The Hall–Kier alpha value is -3.43. The van der Waals surface area contributed by atoms with E-state index in [0.717, 1.165) is 22.3 Å². The van der Waals surface area contributed by atoms with Crippen LogP contribution in [0.4, 0.5) is 4.79 Å². The molecular weight excluding hydrogens is 416 g/mol. The third-order valence-corrected chi connectivity index (χ3v) is 5.01. The molecule has 0 saturated heterocycles. The summed E-state index contributed by atoms with van der Waals surface area (Å²) in [4.78, 5) is 39.1. The molecule has 0 bridgehead atoms. The minimum Gasteiger partial charge on any atom is -0.479 e. The number of rotatable bonds is 11. The highest BCUT2D eigenvalue weighted by Crippen LogP contribution is 2.44. The average Bonchev–Trinajstić information content (AvgIpc) is 3.10. The zero-order valence-corrected chi connectivity index (χ0v) is 17.7. The second-order valence-electron chi connectivity index (χ2n) is 7.20. The zero-order chi connectivity index (χ0) is 22.9. The maximum absolute atomic E-state index is 12.3. The topological polar surface area (TPSA) is 123 Å². The molecule has 1 aliphatic rings. The lowest BCUT2D eigenvalue weighted by atomic mass is 9.98. The molecule has 0 spiro atoms. The van der Waals surface area contributed by atoms with E-state index >= 15 is 0 Å². The first-order chi connectivity index (χ1) is 15.5. The number of hydrogen-bond donors (Lipinski definition) is 3. The number of benzene rings is 2. The van der Waals surface area contributed by atoms with Crippen LogP contribution in [0.5, 0.6) is 0 Å². The molecule has 32 heavy (non-hydrogen) atoms. The normalized spacial score (nSPS) is 13.0. The van der Waals surface area contributed by atoms with Gasteiger partial charge in [0.1, 0.15) is 6.61 Å². The SMILES string of the molecule is CCOC(CNC(=O)OCC1c2ccccc2-c2ccccc21)CC(=O)NOCC(=O)O. The quantitative estimate of drug-likeness (QED) is 0.457. The van der Waals surface area contributed by atoms with Gasteiger partial charge in [0.15, 0.2) is 6.61 Å². The first-order valence-corrected chi connectivity index (χ1v) is 10.3. The molecule has 9 nitrogen and oxygen atoms in total. The molecule has 2 aromatic carbocycles. The summed E-state index contributed by atoms with van der Waals surface area (Å²) in [5.41, 5.74) is 6.55. The average molecular weight is 442 g/mol. The Labute approximate surface area is 185 Å². The highest BCUT2D eigenvalue weighted by atomic mass is 16.7. The van der Waals surface area contributed by atoms with Crippen LogP contribution in [0.1, 0.15) is 30.4 Å². The fourth-order valence-electron chi connectivity index (χ4n) is 3.70. The van der Waals surface area contributed by atoms with Crippen molar-refractivity contribution in [3.05, 3.63) is 59.7 Å². The smallest absolute Gasteiger partial charge is 0.407 e. The van der Waals surface area contributed by atoms with Gasteiger partial charge in [-0.2, -0.15) is 0 Å². The molecule has 9 heteroatoms. The predicted molar refractivity (Wildman–Crippen MR) is 115 cm³/mol. The van der Waals surface area contributed by atoms with Crippen LogP contribution in [0.2, 0.25) is 0 Å². The van der Waals surface area contributed by atoms with Gasteiger partial charge in [0.2, 0.25) is 5.91 Å². The number of carboxylic acid groups (broad SMARTS) is 1. The van der Waals surface area contributed by atoms with Crippen molar-refractivity contribution in [3.8, 4) is 11.1 Å². The van der Waals surface area contributed by atoms with Gasteiger partial charge < -0.3 is 19.9 Å². The molecule has 1 unspecified atom stereocenters. The van der Waals surface area contributed by atoms with Gasteiger partial charge >= 0.3 is 12.1 Å². The molecule has 1 aliphatic carbocycles. The Bertz CT molecular complexity index is 917. The van der Waals surface area contributed by atoms with E-state index in [-0.39, 0.29) is 25.5 Å². The summed E-state index contributed by atoms with van der Waals surface area (Å²) in [5, 5.41) is 11.1. The molecule has 2 amide bonds. The molecule has 0 heterocycles. The summed E-state index contributed by atoms with van der Waals surface area (Å²) < 4.78 is 10.9. The Morgan fingerprint density at radius 2 is 1.66 bits per heavy atom. The van der Waals surface area contributed by atoms with Crippen molar-refractivity contribution in [2.24, 2.45) is 0 Å². The summed E-state index contributed by atoms with van der Waals surface area (Å²) in [5.74, 6) is -1.81. The number of amides is 2. The second kappa shape index (κ2) is 11.3. The maximum atomic E-state index is 12.3. The molecule has 0 aliphatic heterocycles. The van der Waals surface area contributed by atoms with E-state index in [9.17, 15) is 14.4 Å². The highest BCUT2D eigenvalue weighted by Gasteiger charge is 2.29. The number of alkyl carbamates (subject to hydrolysis) is 1. The van der Waals surface area contributed by atoms with E-state index in [0.29, 0.717) is 6.61 Å². The molecule has 0 aromatic heterocycles. The molecule has 0 fully saturated rings. The van der Waals surface area contributed by atoms with Crippen LogP contribution in [0, 0.1) is 0 Å². The largest absolute Gasteiger partial charge is 0.479 e. The number of ether oxygens (including phenoxy) is 2. The number of hydroxylamine groups is 1. The van der Waals surface area contributed by atoms with Crippen molar-refractivity contribution < 1.29 is 33.8 Å². The van der Waals surface area contributed by atoms with E-state index < -0.39 is 30.7 Å². The van der Waals surface area contributed by atoms with E-state index in [4.69, 9.17) is 14.6 Å². The van der Waals surface area contributed by atoms with Gasteiger partial charge in [0.25, 0.3) is 0 Å². The minimum atomic E-state index is -1.21. The van der Waals surface area contributed by atoms with E-state index in [1.807, 2.05) is 41.9 Å². The number of fused-ring (bicyclic) bond motifs is 3. The van der Waals surface area contributed by atoms with Gasteiger partial charge in [0.05, 0.1) is 12.5 Å². The van der Waals surface area contributed by atoms with Crippen LogP contribution in [0.15, 0.2) is 48.5 Å². The number of nitrogens with one attached hydrogen (secondary N) is 2. The molecule has 0 radical (unpaired) electrons. The summed E-state index contributed by atoms with van der Waals surface area (Å²) in [6, 6.07) is 16.1. The van der Waals surface area contributed by atoms with E-state index in [1.165, 1.54) is 0 Å². The second-order valence-corrected chi connectivity index (χ2v) is 7.20. The number of hydrogen-bond acceptors (Lipinski definition) is 6. The lowest BCUT2D eigenvalue weighted by Gasteiger charge is -2.18. The van der Waals surface area contributed by atoms with Gasteiger partial charge in [-0.15, -0.1) is 0 Å². The van der Waals surface area contributed by atoms with Crippen LogP contribution in [-0.2, 0) is 23.9 Å². The zero-order valence-electron chi connectivity index (χ0n) is 17.7. The molecular formula is C23H26N2O7. The number of carbonyl (C=O) groups excluding carboxylic acids is 2. The lowest BCUT2D eigenvalue weighted by Crippen LogP contribution is -2.38. The molecule has 0 saturated carbocycles. The van der Waals surface area contributed by atoms with Crippen molar-refractivity contribution >= 4 is 18.0 Å². The van der Waals surface area contributed by atoms with Crippen LogP contribution in [0.25, 0.3) is 11.1 Å². The number of aliphatic carboxylic acids is 1. The molecule has 2 aromatic rings. The van der Waals surface area contributed by atoms with Gasteiger partial charge in [-0.3, -0.25) is 9.63 Å². The molecule has 3 rings (SSSR count). The summed E-state index contributed by atoms with van der Waals surface area (Å²) in [7, 11) is 0. The van der Waals surface area contributed by atoms with Gasteiger partial charge in [-0.25, -0.2) is 15.1 Å².